The molecule has 0 aliphatic carbocycles. The normalized spacial score (nSPS) is 10.7. The smallest absolute Gasteiger partial charge is 0.146 e. The lowest BCUT2D eigenvalue weighted by atomic mass is 10.2. The molecular weight excluding hydrogens is 249 g/mol. The highest BCUT2D eigenvalue weighted by molar-refractivity contribution is 7.80. The van der Waals surface area contributed by atoms with Crippen LogP contribution in [0.1, 0.15) is 18.4 Å². The third-order valence-corrected chi connectivity index (χ3v) is 2.84. The van der Waals surface area contributed by atoms with Crippen LogP contribution >= 0.6 is 12.2 Å². The molecule has 0 fully saturated rings. The van der Waals surface area contributed by atoms with Crippen molar-refractivity contribution in [3.63, 3.8) is 0 Å². The first-order valence-corrected chi connectivity index (χ1v) is 6.39. The van der Waals surface area contributed by atoms with Gasteiger partial charge in [0.1, 0.15) is 10.8 Å². The standard InChI is InChI=1S/C13H20FN3S/c1-17(2)8-4-3-7-16-12-6-5-10(13(15)18)9-11(12)14/h5-6,9,16H,3-4,7-8H2,1-2H3,(H2,15,18). The van der Waals surface area contributed by atoms with Crippen molar-refractivity contribution in [1.29, 1.82) is 0 Å². The van der Waals surface area contributed by atoms with Crippen molar-refractivity contribution in [2.75, 3.05) is 32.5 Å². The summed E-state index contributed by atoms with van der Waals surface area (Å²) in [5.41, 5.74) is 6.50. The molecule has 1 rings (SSSR count). The van der Waals surface area contributed by atoms with Crippen LogP contribution in [0.15, 0.2) is 18.2 Å². The van der Waals surface area contributed by atoms with Gasteiger partial charge in [0, 0.05) is 12.1 Å². The fraction of sp³-hybridized carbons (Fsp3) is 0.462. The van der Waals surface area contributed by atoms with Crippen LogP contribution in [-0.4, -0.2) is 37.1 Å². The Morgan fingerprint density at radius 3 is 2.67 bits per heavy atom. The third kappa shape index (κ3) is 4.98. The number of nitrogens with one attached hydrogen (secondary N) is 1. The molecule has 0 spiro atoms. The number of thiocarbonyl (C=S) groups is 1. The van der Waals surface area contributed by atoms with Crippen molar-refractivity contribution in [2.24, 2.45) is 5.73 Å². The number of hydrogen-bond donors (Lipinski definition) is 2. The summed E-state index contributed by atoms with van der Waals surface area (Å²) in [4.78, 5) is 2.35. The van der Waals surface area contributed by atoms with Gasteiger partial charge in [-0.05, 0) is 51.7 Å². The number of anilines is 1. The second kappa shape index (κ2) is 7.28. The Balaban J connectivity index is 2.41. The lowest BCUT2D eigenvalue weighted by molar-refractivity contribution is 0.396. The van der Waals surface area contributed by atoms with Crippen LogP contribution in [0.2, 0.25) is 0 Å². The average molecular weight is 269 g/mol. The summed E-state index contributed by atoms with van der Waals surface area (Å²) in [6.07, 6.45) is 2.10. The maximum absolute atomic E-state index is 13.7. The molecule has 0 aliphatic heterocycles. The van der Waals surface area contributed by atoms with E-state index in [9.17, 15) is 4.39 Å². The molecule has 0 atom stereocenters. The first kappa shape index (κ1) is 14.9. The highest BCUT2D eigenvalue weighted by atomic mass is 32.1. The molecule has 0 heterocycles. The lowest BCUT2D eigenvalue weighted by Gasteiger charge is -2.11. The molecule has 0 saturated heterocycles. The molecule has 18 heavy (non-hydrogen) atoms. The summed E-state index contributed by atoms with van der Waals surface area (Å²) in [7, 11) is 4.09. The Labute approximate surface area is 113 Å². The van der Waals surface area contributed by atoms with E-state index in [1.807, 2.05) is 14.1 Å². The number of halogens is 1. The second-order valence-electron chi connectivity index (χ2n) is 4.50. The Morgan fingerprint density at radius 2 is 2.11 bits per heavy atom. The number of benzene rings is 1. The zero-order chi connectivity index (χ0) is 13.5. The molecule has 1 aromatic carbocycles. The number of nitrogens with zero attached hydrogens (tertiary/aromatic N) is 1. The van der Waals surface area contributed by atoms with Crippen LogP contribution in [0.3, 0.4) is 0 Å². The summed E-state index contributed by atoms with van der Waals surface area (Å²) < 4.78 is 13.7. The van der Waals surface area contributed by atoms with Crippen molar-refractivity contribution >= 4 is 22.9 Å². The van der Waals surface area contributed by atoms with E-state index in [1.165, 1.54) is 6.07 Å². The van der Waals surface area contributed by atoms with E-state index in [1.54, 1.807) is 12.1 Å². The van der Waals surface area contributed by atoms with Crippen molar-refractivity contribution < 1.29 is 4.39 Å². The zero-order valence-corrected chi connectivity index (χ0v) is 11.7. The fourth-order valence-electron chi connectivity index (χ4n) is 1.59. The zero-order valence-electron chi connectivity index (χ0n) is 10.9. The molecule has 1 aromatic rings. The summed E-state index contributed by atoms with van der Waals surface area (Å²) in [5, 5.41) is 3.08. The van der Waals surface area contributed by atoms with E-state index in [2.05, 4.69) is 10.2 Å². The average Bonchev–Trinajstić information content (AvgIpc) is 2.29. The van der Waals surface area contributed by atoms with Crippen molar-refractivity contribution in [1.82, 2.24) is 4.90 Å². The largest absolute Gasteiger partial charge is 0.389 e. The van der Waals surface area contributed by atoms with Gasteiger partial charge in [0.15, 0.2) is 0 Å². The fourth-order valence-corrected chi connectivity index (χ4v) is 1.71. The molecule has 5 heteroatoms. The van der Waals surface area contributed by atoms with Crippen molar-refractivity contribution in [3.05, 3.63) is 29.6 Å². The molecular formula is C13H20FN3S. The maximum atomic E-state index is 13.7. The number of nitrogens with two attached hydrogens (primary N) is 1. The van der Waals surface area contributed by atoms with Gasteiger partial charge in [0.2, 0.25) is 0 Å². The van der Waals surface area contributed by atoms with Gasteiger partial charge < -0.3 is 16.0 Å². The molecule has 3 nitrogen and oxygen atoms in total. The molecule has 3 N–H and O–H groups in total. The van der Waals surface area contributed by atoms with Gasteiger partial charge in [-0.15, -0.1) is 0 Å². The van der Waals surface area contributed by atoms with Crippen molar-refractivity contribution in [2.45, 2.75) is 12.8 Å². The second-order valence-corrected chi connectivity index (χ2v) is 4.94. The van der Waals surface area contributed by atoms with E-state index >= 15 is 0 Å². The predicted molar refractivity (Wildman–Crippen MR) is 78.6 cm³/mol. The third-order valence-electron chi connectivity index (χ3n) is 2.60. The minimum atomic E-state index is -0.312. The SMILES string of the molecule is CN(C)CCCCNc1ccc(C(N)=S)cc1F. The molecule has 0 saturated carbocycles. The molecule has 100 valence electrons. The topological polar surface area (TPSA) is 41.3 Å². The minimum absolute atomic E-state index is 0.214. The van der Waals surface area contributed by atoms with Crippen molar-refractivity contribution in [3.8, 4) is 0 Å². The molecule has 0 radical (unpaired) electrons. The summed E-state index contributed by atoms with van der Waals surface area (Å²) in [5.74, 6) is -0.312. The number of hydrogen-bond acceptors (Lipinski definition) is 3. The number of rotatable bonds is 7. The Kier molecular flexibility index (Phi) is 6.01. The summed E-state index contributed by atoms with van der Waals surface area (Å²) >= 11 is 4.80. The minimum Gasteiger partial charge on any atom is -0.389 e. The van der Waals surface area contributed by atoms with Crippen LogP contribution in [0.5, 0.6) is 0 Å². The van der Waals surface area contributed by atoms with E-state index < -0.39 is 0 Å². The van der Waals surface area contributed by atoms with Gasteiger partial charge in [-0.1, -0.05) is 12.2 Å². The monoisotopic (exact) mass is 269 g/mol. The Hall–Kier alpha value is -1.20. The molecule has 0 amide bonds. The first-order valence-electron chi connectivity index (χ1n) is 5.98. The van der Waals surface area contributed by atoms with Gasteiger partial charge in [0.05, 0.1) is 5.69 Å². The van der Waals surface area contributed by atoms with E-state index in [-0.39, 0.29) is 10.8 Å². The molecule has 0 aliphatic rings. The summed E-state index contributed by atoms with van der Waals surface area (Å²) in [6, 6.07) is 4.77. The van der Waals surface area contributed by atoms with Crippen LogP contribution in [0.4, 0.5) is 10.1 Å². The molecule has 0 aromatic heterocycles. The van der Waals surface area contributed by atoms with E-state index in [0.717, 1.165) is 25.9 Å². The summed E-state index contributed by atoms with van der Waals surface area (Å²) in [6.45, 7) is 1.81. The van der Waals surface area contributed by atoms with Gasteiger partial charge >= 0.3 is 0 Å². The van der Waals surface area contributed by atoms with Gasteiger partial charge in [-0.25, -0.2) is 4.39 Å². The highest BCUT2D eigenvalue weighted by Gasteiger charge is 2.04. The highest BCUT2D eigenvalue weighted by Crippen LogP contribution is 2.15. The van der Waals surface area contributed by atoms with Gasteiger partial charge in [0.25, 0.3) is 0 Å². The van der Waals surface area contributed by atoms with Crippen LogP contribution in [0, 0.1) is 5.82 Å². The maximum Gasteiger partial charge on any atom is 0.146 e. The first-order chi connectivity index (χ1) is 8.50. The quantitative estimate of drug-likeness (QED) is 0.588. The molecule has 0 unspecified atom stereocenters. The van der Waals surface area contributed by atoms with E-state index in [0.29, 0.717) is 11.3 Å². The predicted octanol–water partition coefficient (Wildman–Crippen LogP) is 2.21. The van der Waals surface area contributed by atoms with Gasteiger partial charge in [-0.2, -0.15) is 0 Å². The Morgan fingerprint density at radius 1 is 1.39 bits per heavy atom. The lowest BCUT2D eigenvalue weighted by Crippen LogP contribution is -2.14. The Bertz CT molecular complexity index is 407. The molecule has 0 bridgehead atoms. The number of unbranched alkanes of at least 4 members (excludes halogenated alkanes) is 1. The van der Waals surface area contributed by atoms with Gasteiger partial charge in [-0.3, -0.25) is 0 Å². The van der Waals surface area contributed by atoms with Crippen LogP contribution in [-0.2, 0) is 0 Å². The van der Waals surface area contributed by atoms with E-state index in [4.69, 9.17) is 18.0 Å². The van der Waals surface area contributed by atoms with Crippen LogP contribution < -0.4 is 11.1 Å². The van der Waals surface area contributed by atoms with Crippen LogP contribution in [0.25, 0.3) is 0 Å².